The van der Waals surface area contributed by atoms with Gasteiger partial charge in [-0.3, -0.25) is 28.9 Å². The number of rotatable bonds is 7. The molecule has 3 fully saturated rings. The first-order valence-electron chi connectivity index (χ1n) is 15.7. The van der Waals surface area contributed by atoms with Crippen molar-refractivity contribution in [3.63, 3.8) is 0 Å². The van der Waals surface area contributed by atoms with E-state index in [0.717, 1.165) is 38.8 Å². The minimum atomic E-state index is -2.80. The van der Waals surface area contributed by atoms with Crippen LogP contribution >= 0.6 is 0 Å². The second-order valence-electron chi connectivity index (χ2n) is 14.3. The Balaban J connectivity index is 1.62. The molecule has 1 aromatic rings. The zero-order valence-corrected chi connectivity index (χ0v) is 26.7. The zero-order chi connectivity index (χ0) is 32.5. The molecule has 44 heavy (non-hydrogen) atoms. The van der Waals surface area contributed by atoms with E-state index in [9.17, 15) is 34.2 Å². The number of piperidine rings is 1. The van der Waals surface area contributed by atoms with Crippen molar-refractivity contribution in [3.05, 3.63) is 23.3 Å². The van der Waals surface area contributed by atoms with Gasteiger partial charge >= 0.3 is 0 Å². The van der Waals surface area contributed by atoms with E-state index in [4.69, 9.17) is 5.73 Å². The highest BCUT2D eigenvalue weighted by atomic mass is 16.3. The molecule has 6 atom stereocenters. The molecule has 2 unspecified atom stereocenters. The van der Waals surface area contributed by atoms with E-state index in [-0.39, 0.29) is 30.2 Å². The van der Waals surface area contributed by atoms with Gasteiger partial charge in [0.1, 0.15) is 5.75 Å². The number of nitrogens with zero attached hydrogens (tertiary/aromatic N) is 3. The van der Waals surface area contributed by atoms with E-state index < -0.39 is 63.3 Å². The maximum atomic E-state index is 14.5. The van der Waals surface area contributed by atoms with Crippen molar-refractivity contribution in [2.45, 2.75) is 77.0 Å². The molecule has 5 rings (SSSR count). The number of phenolic OH excluding ortho intramolecular Hbond substituents is 1. The van der Waals surface area contributed by atoms with Crippen molar-refractivity contribution >= 4 is 34.7 Å². The fourth-order valence-electron chi connectivity index (χ4n) is 9.07. The molecule has 4 N–H and O–H groups in total. The fraction of sp³-hybridized carbons (Fsp3) is 0.667. The Labute approximate surface area is 258 Å². The maximum Gasteiger partial charge on any atom is 0.235 e. The second-order valence-corrected chi connectivity index (χ2v) is 14.3. The molecule has 3 aliphatic carbocycles. The number of nitrogens with two attached hydrogens (primary N) is 1. The number of ketones is 4. The maximum absolute atomic E-state index is 14.5. The highest BCUT2D eigenvalue weighted by Gasteiger charge is 2.76. The SMILES string of the molecule is CCCCN(c1ccc2c(c1O)C(=O)C1C(=O)[C@]3(O)C(=O)C(C(N)=O)C(=O)[C@@H](N(C)C)[C@]3(C)C[C@]1(C)C2)C1CCN(C)CC1. The summed E-state index contributed by atoms with van der Waals surface area (Å²) in [4.78, 5) is 74.5. The molecule has 240 valence electrons. The van der Waals surface area contributed by atoms with E-state index in [1.165, 1.54) is 11.8 Å². The molecule has 1 aliphatic heterocycles. The summed E-state index contributed by atoms with van der Waals surface area (Å²) in [5.74, 6) is -8.64. The normalized spacial score (nSPS) is 34.5. The molecule has 4 aliphatic rings. The molecule has 11 nitrogen and oxygen atoms in total. The summed E-state index contributed by atoms with van der Waals surface area (Å²) >= 11 is 0. The third-order valence-corrected chi connectivity index (χ3v) is 11.0. The van der Waals surface area contributed by atoms with Gasteiger partial charge in [-0.2, -0.15) is 0 Å². The van der Waals surface area contributed by atoms with Crippen LogP contribution in [0, 0.1) is 22.7 Å². The topological polar surface area (TPSA) is 162 Å². The third kappa shape index (κ3) is 4.45. The van der Waals surface area contributed by atoms with Crippen LogP contribution in [0.4, 0.5) is 5.69 Å². The summed E-state index contributed by atoms with van der Waals surface area (Å²) in [5.41, 5.74) is 1.12. The number of amides is 1. The lowest BCUT2D eigenvalue weighted by Crippen LogP contribution is -2.79. The average Bonchev–Trinajstić information content (AvgIpc) is 2.92. The van der Waals surface area contributed by atoms with Crippen LogP contribution in [0.2, 0.25) is 0 Å². The Kier molecular flexibility index (Phi) is 8.08. The lowest BCUT2D eigenvalue weighted by Gasteiger charge is -2.61. The van der Waals surface area contributed by atoms with Gasteiger partial charge < -0.3 is 25.7 Å². The highest BCUT2D eigenvalue weighted by molar-refractivity contribution is 6.33. The molecular formula is C33H46N4O7. The summed E-state index contributed by atoms with van der Waals surface area (Å²) in [6.45, 7) is 7.91. The Bertz CT molecular complexity index is 1420. The number of likely N-dealkylation sites (tertiary alicyclic amines) is 1. The number of carbonyl (C=O) groups excluding carboxylic acids is 5. The molecule has 0 bridgehead atoms. The lowest BCUT2D eigenvalue weighted by molar-refractivity contribution is -0.203. The van der Waals surface area contributed by atoms with Crippen molar-refractivity contribution in [2.75, 3.05) is 45.7 Å². The Morgan fingerprint density at radius 3 is 2.30 bits per heavy atom. The molecule has 0 spiro atoms. The van der Waals surface area contributed by atoms with E-state index in [1.807, 2.05) is 12.1 Å². The number of likely N-dealkylation sites (N-methyl/N-ethyl adjacent to an activating group) is 1. The minimum Gasteiger partial charge on any atom is -0.505 e. The molecule has 2 saturated carbocycles. The summed E-state index contributed by atoms with van der Waals surface area (Å²) in [5, 5.41) is 23.9. The van der Waals surface area contributed by atoms with Crippen LogP contribution in [-0.4, -0.2) is 108 Å². The number of aliphatic hydroxyl groups is 1. The van der Waals surface area contributed by atoms with Crippen molar-refractivity contribution in [3.8, 4) is 5.75 Å². The number of fused-ring (bicyclic) bond motifs is 3. The molecule has 1 heterocycles. The number of aromatic hydroxyl groups is 1. The Morgan fingerprint density at radius 1 is 1.09 bits per heavy atom. The monoisotopic (exact) mass is 610 g/mol. The van der Waals surface area contributed by atoms with Gasteiger partial charge in [0.25, 0.3) is 0 Å². The first-order chi connectivity index (χ1) is 20.5. The summed E-state index contributed by atoms with van der Waals surface area (Å²) in [7, 11) is 5.24. The second kappa shape index (κ2) is 11.0. The number of phenols is 1. The zero-order valence-electron chi connectivity index (χ0n) is 26.7. The van der Waals surface area contributed by atoms with Gasteiger partial charge in [0.2, 0.25) is 5.91 Å². The minimum absolute atomic E-state index is 0.0232. The number of benzene rings is 1. The highest BCUT2D eigenvalue weighted by Crippen LogP contribution is 2.62. The number of Topliss-reactive ketones (excluding diaryl/α,β-unsaturated/α-hetero) is 4. The van der Waals surface area contributed by atoms with Gasteiger partial charge in [-0.1, -0.05) is 33.3 Å². The standard InChI is InChI=1S/C33H46N4O7/c1-7-8-13-37(19-11-14-36(6)15-12-19)20-10-9-18-16-31(2)17-32(3)27(35(4)5)26(40)22(30(34)43)28(41)33(32,44)29(42)23(31)25(39)21(18)24(20)38/h9-10,19,22-23,27,38,44H,7-8,11-17H2,1-6H3,(H2,34,43)/t22?,23?,27-,31+,32+,33-/m1/s1. The predicted octanol–water partition coefficient (Wildman–Crippen LogP) is 1.35. The fourth-order valence-corrected chi connectivity index (χ4v) is 9.07. The first kappa shape index (κ1) is 32.2. The largest absolute Gasteiger partial charge is 0.505 e. The number of hydrogen-bond acceptors (Lipinski definition) is 10. The number of carbonyl (C=O) groups is 5. The van der Waals surface area contributed by atoms with Gasteiger partial charge in [-0.05, 0) is 83.4 Å². The molecule has 1 aromatic carbocycles. The van der Waals surface area contributed by atoms with Crippen molar-refractivity contribution in [2.24, 2.45) is 28.4 Å². The first-order valence-corrected chi connectivity index (χ1v) is 15.7. The van der Waals surface area contributed by atoms with Crippen molar-refractivity contribution < 1.29 is 34.2 Å². The van der Waals surface area contributed by atoms with E-state index in [1.54, 1.807) is 21.0 Å². The molecular weight excluding hydrogens is 564 g/mol. The van der Waals surface area contributed by atoms with Crippen LogP contribution in [0.1, 0.15) is 68.8 Å². The van der Waals surface area contributed by atoms with E-state index >= 15 is 0 Å². The Hall–Kier alpha value is -3.15. The number of anilines is 1. The summed E-state index contributed by atoms with van der Waals surface area (Å²) < 4.78 is 0. The molecule has 11 heteroatoms. The van der Waals surface area contributed by atoms with Crippen molar-refractivity contribution in [1.82, 2.24) is 9.80 Å². The number of hydrogen-bond donors (Lipinski definition) is 3. The van der Waals surface area contributed by atoms with Gasteiger partial charge in [-0.25, -0.2) is 0 Å². The van der Waals surface area contributed by atoms with Crippen LogP contribution in [0.5, 0.6) is 5.75 Å². The molecule has 1 saturated heterocycles. The van der Waals surface area contributed by atoms with Gasteiger partial charge in [-0.15, -0.1) is 0 Å². The van der Waals surface area contributed by atoms with Gasteiger partial charge in [0.15, 0.2) is 34.7 Å². The Morgan fingerprint density at radius 2 is 1.73 bits per heavy atom. The van der Waals surface area contributed by atoms with Crippen LogP contribution in [0.3, 0.4) is 0 Å². The number of primary amides is 1. The van der Waals surface area contributed by atoms with Crippen LogP contribution in [-0.2, 0) is 25.6 Å². The lowest BCUT2D eigenvalue weighted by atomic mass is 9.42. The summed E-state index contributed by atoms with van der Waals surface area (Å²) in [6, 6.07) is 2.69. The average molecular weight is 611 g/mol. The smallest absolute Gasteiger partial charge is 0.235 e. The van der Waals surface area contributed by atoms with Gasteiger partial charge in [0.05, 0.1) is 23.2 Å². The van der Waals surface area contributed by atoms with E-state index in [2.05, 4.69) is 23.8 Å². The quantitative estimate of drug-likeness (QED) is 0.384. The van der Waals surface area contributed by atoms with Gasteiger partial charge in [0, 0.05) is 18.0 Å². The van der Waals surface area contributed by atoms with Crippen LogP contribution in [0.25, 0.3) is 0 Å². The third-order valence-electron chi connectivity index (χ3n) is 11.0. The number of unbranched alkanes of at least 4 members (excludes halogenated alkanes) is 1. The van der Waals surface area contributed by atoms with E-state index in [0.29, 0.717) is 17.8 Å². The summed E-state index contributed by atoms with van der Waals surface area (Å²) in [6.07, 6.45) is 3.86. The molecule has 1 amide bonds. The predicted molar refractivity (Wildman–Crippen MR) is 163 cm³/mol. The van der Waals surface area contributed by atoms with Crippen molar-refractivity contribution in [1.29, 1.82) is 0 Å². The van der Waals surface area contributed by atoms with Crippen LogP contribution < -0.4 is 10.6 Å². The molecule has 0 aromatic heterocycles. The van der Waals surface area contributed by atoms with Crippen LogP contribution in [0.15, 0.2) is 12.1 Å². The molecule has 0 radical (unpaired) electrons.